The molecule has 0 aliphatic rings. The normalized spacial score (nSPS) is 8.38. The van der Waals surface area contributed by atoms with Gasteiger partial charge in [0.15, 0.2) is 6.29 Å². The number of aldehydes is 1. The topological polar surface area (TPSA) is 136 Å². The van der Waals surface area contributed by atoms with E-state index in [1.165, 1.54) is 12.1 Å². The third kappa shape index (κ3) is 6.41. The van der Waals surface area contributed by atoms with Crippen molar-refractivity contribution in [3.05, 3.63) is 29.8 Å². The monoisotopic (exact) mass is 226 g/mol. The lowest BCUT2D eigenvalue weighted by Gasteiger charge is -2.05. The van der Waals surface area contributed by atoms with Crippen molar-refractivity contribution in [1.29, 1.82) is 0 Å². The molecule has 2 amide bonds. The highest BCUT2D eigenvalue weighted by molar-refractivity contribution is 6.33. The number of benzene rings is 1. The maximum atomic E-state index is 10.4. The van der Waals surface area contributed by atoms with E-state index in [0.29, 0.717) is 6.29 Å². The number of urea groups is 1. The molecule has 0 unspecified atom stereocenters. The minimum absolute atomic E-state index is 0.155. The number of hydrogen-bond acceptors (Lipinski definition) is 5. The van der Waals surface area contributed by atoms with Crippen LogP contribution in [0.15, 0.2) is 24.3 Å². The standard InChI is InChI=1S/C7H7BO4.CH4N2O/c9-5-6-3-1-2-4-7(6)12-8(10)11;2-1(3)4/h1-5,10-11H;(H4,2,3,4). The predicted molar refractivity (Wildman–Crippen MR) is 56.4 cm³/mol. The minimum atomic E-state index is -1.90. The van der Waals surface area contributed by atoms with E-state index in [1.807, 2.05) is 0 Å². The van der Waals surface area contributed by atoms with Gasteiger partial charge >= 0.3 is 13.4 Å². The Morgan fingerprint density at radius 3 is 2.25 bits per heavy atom. The zero-order valence-corrected chi connectivity index (χ0v) is 8.24. The highest BCUT2D eigenvalue weighted by Gasteiger charge is 2.12. The summed E-state index contributed by atoms with van der Waals surface area (Å²) in [5.74, 6) is 0.155. The Morgan fingerprint density at radius 2 is 1.81 bits per heavy atom. The Bertz CT molecular complexity index is 354. The van der Waals surface area contributed by atoms with Crippen molar-refractivity contribution in [1.82, 2.24) is 0 Å². The average molecular weight is 226 g/mol. The van der Waals surface area contributed by atoms with Gasteiger partial charge in [-0.15, -0.1) is 0 Å². The third-order valence-corrected chi connectivity index (χ3v) is 1.28. The van der Waals surface area contributed by atoms with Crippen LogP contribution in [0.25, 0.3) is 0 Å². The number of rotatable bonds is 3. The largest absolute Gasteiger partial charge is 0.707 e. The zero-order valence-electron chi connectivity index (χ0n) is 8.24. The van der Waals surface area contributed by atoms with Gasteiger partial charge in [0.2, 0.25) is 0 Å². The fraction of sp³-hybridized carbons (Fsp3) is 0. The summed E-state index contributed by atoms with van der Waals surface area (Å²) in [5.41, 5.74) is 8.78. The molecule has 0 saturated carbocycles. The quantitative estimate of drug-likeness (QED) is 0.382. The van der Waals surface area contributed by atoms with Crippen LogP contribution >= 0.6 is 0 Å². The Hall–Kier alpha value is -2.06. The van der Waals surface area contributed by atoms with Crippen LogP contribution in [-0.4, -0.2) is 29.7 Å². The summed E-state index contributed by atoms with van der Waals surface area (Å²) in [6.45, 7) is 0. The van der Waals surface area contributed by atoms with E-state index < -0.39 is 13.4 Å². The van der Waals surface area contributed by atoms with Gasteiger partial charge in [-0.05, 0) is 12.1 Å². The summed E-state index contributed by atoms with van der Waals surface area (Å²) in [7, 11) is -1.90. The highest BCUT2D eigenvalue weighted by atomic mass is 16.6. The molecule has 0 saturated heterocycles. The van der Waals surface area contributed by atoms with Crippen LogP contribution in [0.2, 0.25) is 0 Å². The van der Waals surface area contributed by atoms with E-state index >= 15 is 0 Å². The number of carbonyl (C=O) groups excluding carboxylic acids is 2. The third-order valence-electron chi connectivity index (χ3n) is 1.28. The summed E-state index contributed by atoms with van der Waals surface area (Å²) < 4.78 is 4.52. The van der Waals surface area contributed by atoms with Crippen LogP contribution in [0.4, 0.5) is 4.79 Å². The molecule has 0 spiro atoms. The van der Waals surface area contributed by atoms with Crippen molar-refractivity contribution in [3.63, 3.8) is 0 Å². The summed E-state index contributed by atoms with van der Waals surface area (Å²) in [6, 6.07) is 5.44. The van der Waals surface area contributed by atoms with Gasteiger partial charge in [-0.3, -0.25) is 4.79 Å². The highest BCUT2D eigenvalue weighted by Crippen LogP contribution is 2.15. The summed E-state index contributed by atoms with van der Waals surface area (Å²) in [4.78, 5) is 19.4. The number of primary amides is 2. The fourth-order valence-electron chi connectivity index (χ4n) is 0.799. The van der Waals surface area contributed by atoms with Gasteiger partial charge in [0.1, 0.15) is 5.75 Å². The van der Waals surface area contributed by atoms with Crippen molar-refractivity contribution in [2.24, 2.45) is 11.5 Å². The lowest BCUT2D eigenvalue weighted by molar-refractivity contribution is 0.112. The van der Waals surface area contributed by atoms with Gasteiger partial charge < -0.3 is 26.2 Å². The molecular weight excluding hydrogens is 215 g/mol. The first-order valence-electron chi connectivity index (χ1n) is 4.09. The van der Waals surface area contributed by atoms with Crippen LogP contribution < -0.4 is 16.1 Å². The predicted octanol–water partition coefficient (Wildman–Crippen LogP) is -1.13. The molecule has 8 heteroatoms. The maximum Gasteiger partial charge on any atom is 0.707 e. The van der Waals surface area contributed by atoms with Crippen molar-refractivity contribution in [2.75, 3.05) is 0 Å². The molecule has 0 fully saturated rings. The molecule has 0 heterocycles. The molecule has 1 rings (SSSR count). The summed E-state index contributed by atoms with van der Waals surface area (Å²) in [5, 5.41) is 16.9. The van der Waals surface area contributed by atoms with E-state index in [2.05, 4.69) is 16.1 Å². The van der Waals surface area contributed by atoms with Crippen LogP contribution in [0, 0.1) is 0 Å². The molecule has 0 radical (unpaired) electrons. The molecule has 0 atom stereocenters. The number of carbonyl (C=O) groups is 2. The van der Waals surface area contributed by atoms with Crippen molar-refractivity contribution < 1.29 is 24.3 Å². The van der Waals surface area contributed by atoms with Gasteiger partial charge in [0, 0.05) is 0 Å². The summed E-state index contributed by atoms with van der Waals surface area (Å²) in [6.07, 6.45) is 0.581. The van der Waals surface area contributed by atoms with E-state index in [-0.39, 0.29) is 11.3 Å². The lowest BCUT2D eigenvalue weighted by atomic mass is 10.2. The number of hydrogen-bond donors (Lipinski definition) is 4. The maximum absolute atomic E-state index is 10.4. The van der Waals surface area contributed by atoms with Gasteiger partial charge in [-0.25, -0.2) is 4.79 Å². The first-order chi connectivity index (χ1) is 7.47. The van der Waals surface area contributed by atoms with E-state index in [4.69, 9.17) is 14.8 Å². The zero-order chi connectivity index (χ0) is 12.6. The molecule has 0 aliphatic carbocycles. The van der Waals surface area contributed by atoms with Gasteiger partial charge in [0.25, 0.3) is 0 Å². The second kappa shape index (κ2) is 7.26. The molecule has 0 aliphatic heterocycles. The number of amides is 2. The van der Waals surface area contributed by atoms with Crippen LogP contribution in [0.1, 0.15) is 10.4 Å². The molecule has 7 nitrogen and oxygen atoms in total. The smallest absolute Gasteiger partial charge is 0.511 e. The number of para-hydroxylation sites is 1. The molecule has 6 N–H and O–H groups in total. The molecule has 16 heavy (non-hydrogen) atoms. The molecule has 0 aromatic heterocycles. The summed E-state index contributed by atoms with van der Waals surface area (Å²) >= 11 is 0. The molecular formula is C8H11BN2O5. The average Bonchev–Trinajstić information content (AvgIpc) is 2.17. The SMILES string of the molecule is NC(N)=O.O=Cc1ccccc1OB(O)O. The Balaban J connectivity index is 0.000000487. The van der Waals surface area contributed by atoms with Crippen molar-refractivity contribution in [2.45, 2.75) is 0 Å². The second-order valence-corrected chi connectivity index (χ2v) is 2.50. The lowest BCUT2D eigenvalue weighted by Crippen LogP contribution is -2.21. The Morgan fingerprint density at radius 1 is 1.31 bits per heavy atom. The van der Waals surface area contributed by atoms with Gasteiger partial charge in [-0.2, -0.15) is 0 Å². The Labute approximate surface area is 91.8 Å². The fourth-order valence-corrected chi connectivity index (χ4v) is 0.799. The van der Waals surface area contributed by atoms with E-state index in [0.717, 1.165) is 0 Å². The van der Waals surface area contributed by atoms with Gasteiger partial charge in [0.05, 0.1) is 5.56 Å². The minimum Gasteiger partial charge on any atom is -0.511 e. The van der Waals surface area contributed by atoms with Crippen LogP contribution in [0.5, 0.6) is 5.75 Å². The van der Waals surface area contributed by atoms with Crippen molar-refractivity contribution >= 4 is 19.6 Å². The van der Waals surface area contributed by atoms with Crippen LogP contribution in [-0.2, 0) is 0 Å². The first-order valence-corrected chi connectivity index (χ1v) is 4.09. The Kier molecular flexibility index (Phi) is 6.33. The first kappa shape index (κ1) is 13.9. The van der Waals surface area contributed by atoms with Gasteiger partial charge in [-0.1, -0.05) is 12.1 Å². The molecule has 0 bridgehead atoms. The second-order valence-electron chi connectivity index (χ2n) is 2.50. The van der Waals surface area contributed by atoms with E-state index in [9.17, 15) is 4.79 Å². The van der Waals surface area contributed by atoms with Crippen molar-refractivity contribution in [3.8, 4) is 5.75 Å². The molecule has 86 valence electrons. The molecule has 1 aromatic carbocycles. The molecule has 1 aromatic rings. The van der Waals surface area contributed by atoms with E-state index in [1.54, 1.807) is 12.1 Å². The van der Waals surface area contributed by atoms with Crippen LogP contribution in [0.3, 0.4) is 0 Å². The number of nitrogens with two attached hydrogens (primary N) is 2.